The van der Waals surface area contributed by atoms with Crippen molar-refractivity contribution in [2.24, 2.45) is 0 Å². The van der Waals surface area contributed by atoms with Gasteiger partial charge in [0, 0.05) is 18.7 Å². The van der Waals surface area contributed by atoms with Gasteiger partial charge < -0.3 is 13.7 Å². The number of rotatable bonds is 8. The number of hydrogen-bond acceptors (Lipinski definition) is 7. The zero-order valence-electron chi connectivity index (χ0n) is 19.1. The maximum Gasteiger partial charge on any atom is 0.283 e. The maximum atomic E-state index is 13.4. The Morgan fingerprint density at radius 1 is 1.09 bits per heavy atom. The predicted molar refractivity (Wildman–Crippen MR) is 128 cm³/mol. The summed E-state index contributed by atoms with van der Waals surface area (Å²) in [7, 11) is -3.82. The number of nitrogens with zero attached hydrogens (tertiary/aromatic N) is 4. The van der Waals surface area contributed by atoms with Gasteiger partial charge in [-0.3, -0.25) is 9.10 Å². The van der Waals surface area contributed by atoms with E-state index in [0.29, 0.717) is 37.4 Å². The Bertz CT molecular complexity index is 1450. The van der Waals surface area contributed by atoms with Crippen molar-refractivity contribution in [3.8, 4) is 11.7 Å². The molecule has 2 aromatic carbocycles. The number of carbonyl (C=O) groups is 1. The molecule has 0 saturated carbocycles. The van der Waals surface area contributed by atoms with Crippen LogP contribution in [0.2, 0.25) is 0 Å². The van der Waals surface area contributed by atoms with Crippen molar-refractivity contribution >= 4 is 21.6 Å². The summed E-state index contributed by atoms with van der Waals surface area (Å²) in [6.45, 7) is 2.86. The van der Waals surface area contributed by atoms with Gasteiger partial charge in [-0.15, -0.1) is 10.2 Å². The second kappa shape index (κ2) is 9.38. The van der Waals surface area contributed by atoms with E-state index in [1.54, 1.807) is 35.2 Å². The number of carbonyl (C=O) groups excluding carboxylic acids is 1. The molecule has 1 aliphatic heterocycles. The van der Waals surface area contributed by atoms with Gasteiger partial charge in [0.25, 0.3) is 21.8 Å². The number of amides is 1. The summed E-state index contributed by atoms with van der Waals surface area (Å²) in [5, 5.41) is 8.01. The standard InChI is InChI=1S/C25H24N4O5S/c1-2-13-28(17-23-26-27-24(34-23)22-11-6-15-33-22)25(30)19-8-5-9-20(16-19)35(31,32)29-14-12-18-7-3-4-10-21(18)29/h3-11,15-16H,2,12-14,17H2,1H3. The molecule has 0 aliphatic carbocycles. The van der Waals surface area contributed by atoms with Gasteiger partial charge in [0.15, 0.2) is 5.76 Å². The van der Waals surface area contributed by atoms with Gasteiger partial charge in [0.05, 0.1) is 23.4 Å². The molecule has 0 bridgehead atoms. The molecule has 0 spiro atoms. The van der Waals surface area contributed by atoms with E-state index in [1.165, 1.54) is 22.7 Å². The van der Waals surface area contributed by atoms with Crippen LogP contribution in [0.1, 0.15) is 35.2 Å². The minimum Gasteiger partial charge on any atom is -0.459 e. The van der Waals surface area contributed by atoms with Gasteiger partial charge in [-0.1, -0.05) is 31.2 Å². The van der Waals surface area contributed by atoms with Crippen LogP contribution < -0.4 is 4.31 Å². The number of anilines is 1. The van der Waals surface area contributed by atoms with Gasteiger partial charge in [-0.05, 0) is 54.8 Å². The number of aromatic nitrogens is 2. The highest BCUT2D eigenvalue weighted by Gasteiger charge is 2.31. The first kappa shape index (κ1) is 22.9. The van der Waals surface area contributed by atoms with E-state index in [-0.39, 0.29) is 34.7 Å². The Morgan fingerprint density at radius 2 is 1.94 bits per heavy atom. The average molecular weight is 493 g/mol. The summed E-state index contributed by atoms with van der Waals surface area (Å²) >= 11 is 0. The third-order valence-electron chi connectivity index (χ3n) is 5.82. The molecule has 4 aromatic rings. The van der Waals surface area contributed by atoms with Crippen LogP contribution in [-0.4, -0.2) is 42.5 Å². The highest BCUT2D eigenvalue weighted by molar-refractivity contribution is 7.92. The van der Waals surface area contributed by atoms with E-state index < -0.39 is 10.0 Å². The fraction of sp³-hybridized carbons (Fsp3) is 0.240. The molecule has 2 aromatic heterocycles. The molecule has 0 fully saturated rings. The van der Waals surface area contributed by atoms with E-state index in [9.17, 15) is 13.2 Å². The van der Waals surface area contributed by atoms with Crippen LogP contribution in [0.25, 0.3) is 11.7 Å². The molecule has 180 valence electrons. The monoisotopic (exact) mass is 492 g/mol. The molecule has 0 N–H and O–H groups in total. The maximum absolute atomic E-state index is 13.4. The highest BCUT2D eigenvalue weighted by atomic mass is 32.2. The summed E-state index contributed by atoms with van der Waals surface area (Å²) in [5.41, 5.74) is 1.95. The third-order valence-corrected chi connectivity index (χ3v) is 7.63. The SMILES string of the molecule is CCCN(Cc1nnc(-c2ccco2)o1)C(=O)c1cccc(S(=O)(=O)N2CCc3ccccc32)c1. The summed E-state index contributed by atoms with van der Waals surface area (Å²) in [6, 6.07) is 17.0. The van der Waals surface area contributed by atoms with Crippen molar-refractivity contribution < 1.29 is 22.0 Å². The number of fused-ring (bicyclic) bond motifs is 1. The molecule has 0 saturated heterocycles. The quantitative estimate of drug-likeness (QED) is 0.364. The Hall–Kier alpha value is -3.92. The molecule has 1 amide bonds. The van der Waals surface area contributed by atoms with Crippen molar-refractivity contribution in [3.05, 3.63) is 83.9 Å². The van der Waals surface area contributed by atoms with E-state index in [0.717, 1.165) is 5.56 Å². The number of sulfonamides is 1. The molecule has 5 rings (SSSR count). The van der Waals surface area contributed by atoms with Gasteiger partial charge >= 0.3 is 0 Å². The molecular weight excluding hydrogens is 468 g/mol. The van der Waals surface area contributed by atoms with E-state index in [4.69, 9.17) is 8.83 Å². The van der Waals surface area contributed by atoms with Gasteiger partial charge in [-0.25, -0.2) is 8.42 Å². The summed E-state index contributed by atoms with van der Waals surface area (Å²) in [6.07, 6.45) is 2.86. The molecule has 0 atom stereocenters. The second-order valence-electron chi connectivity index (χ2n) is 8.19. The number of furan rings is 1. The fourth-order valence-corrected chi connectivity index (χ4v) is 5.71. The summed E-state index contributed by atoms with van der Waals surface area (Å²) < 4.78 is 39.2. The Balaban J connectivity index is 1.39. The van der Waals surface area contributed by atoms with Gasteiger partial charge in [-0.2, -0.15) is 0 Å². The van der Waals surface area contributed by atoms with Crippen LogP contribution in [0, 0.1) is 0 Å². The lowest BCUT2D eigenvalue weighted by molar-refractivity contribution is 0.0728. The molecule has 0 radical (unpaired) electrons. The van der Waals surface area contributed by atoms with Crippen LogP contribution in [0.3, 0.4) is 0 Å². The van der Waals surface area contributed by atoms with E-state index >= 15 is 0 Å². The number of hydrogen-bond donors (Lipinski definition) is 0. The summed E-state index contributed by atoms with van der Waals surface area (Å²) in [5.74, 6) is 0.616. The van der Waals surface area contributed by atoms with Crippen LogP contribution in [0.5, 0.6) is 0 Å². The normalized spacial score (nSPS) is 13.1. The molecule has 3 heterocycles. The minimum absolute atomic E-state index is 0.0781. The fourth-order valence-electron chi connectivity index (χ4n) is 4.16. The second-order valence-corrected chi connectivity index (χ2v) is 10.1. The van der Waals surface area contributed by atoms with Crippen molar-refractivity contribution in [2.75, 3.05) is 17.4 Å². The lowest BCUT2D eigenvalue weighted by Crippen LogP contribution is -2.32. The zero-order valence-corrected chi connectivity index (χ0v) is 19.9. The van der Waals surface area contributed by atoms with Crippen molar-refractivity contribution in [1.82, 2.24) is 15.1 Å². The third kappa shape index (κ3) is 4.44. The largest absolute Gasteiger partial charge is 0.459 e. The first-order valence-electron chi connectivity index (χ1n) is 11.3. The van der Waals surface area contributed by atoms with Crippen LogP contribution in [0.4, 0.5) is 5.69 Å². The topological polar surface area (TPSA) is 110 Å². The summed E-state index contributed by atoms with van der Waals surface area (Å²) in [4.78, 5) is 15.0. The van der Waals surface area contributed by atoms with Gasteiger partial charge in [0.2, 0.25) is 5.89 Å². The smallest absolute Gasteiger partial charge is 0.283 e. The number of para-hydroxylation sites is 1. The van der Waals surface area contributed by atoms with Crippen molar-refractivity contribution in [2.45, 2.75) is 31.2 Å². The Morgan fingerprint density at radius 3 is 2.74 bits per heavy atom. The lowest BCUT2D eigenvalue weighted by Gasteiger charge is -2.22. The van der Waals surface area contributed by atoms with Crippen molar-refractivity contribution in [3.63, 3.8) is 0 Å². The molecule has 9 nitrogen and oxygen atoms in total. The predicted octanol–water partition coefficient (Wildman–Crippen LogP) is 4.13. The molecule has 10 heteroatoms. The van der Waals surface area contributed by atoms with Crippen LogP contribution >= 0.6 is 0 Å². The minimum atomic E-state index is -3.82. The van der Waals surface area contributed by atoms with Gasteiger partial charge in [0.1, 0.15) is 0 Å². The number of benzene rings is 2. The zero-order chi connectivity index (χ0) is 24.4. The molecule has 0 unspecified atom stereocenters. The lowest BCUT2D eigenvalue weighted by atomic mass is 10.2. The molecular formula is C25H24N4O5S. The Kier molecular flexibility index (Phi) is 6.12. The average Bonchev–Trinajstić information content (AvgIpc) is 3.64. The first-order chi connectivity index (χ1) is 17.0. The molecule has 1 aliphatic rings. The Labute approximate surface area is 203 Å². The van der Waals surface area contributed by atoms with E-state index in [1.807, 2.05) is 25.1 Å². The van der Waals surface area contributed by atoms with Crippen LogP contribution in [0.15, 0.2) is 80.7 Å². The van der Waals surface area contributed by atoms with Crippen LogP contribution in [-0.2, 0) is 23.0 Å². The van der Waals surface area contributed by atoms with E-state index in [2.05, 4.69) is 10.2 Å². The van der Waals surface area contributed by atoms with Crippen molar-refractivity contribution in [1.29, 1.82) is 0 Å². The first-order valence-corrected chi connectivity index (χ1v) is 12.8. The highest BCUT2D eigenvalue weighted by Crippen LogP contribution is 2.33. The molecule has 35 heavy (non-hydrogen) atoms.